The number of sulfonamides is 1. The monoisotopic (exact) mass is 534 g/mol. The molecule has 1 aromatic heterocycles. The van der Waals surface area contributed by atoms with Gasteiger partial charge in [-0.05, 0) is 43.0 Å². The average Bonchev–Trinajstić information content (AvgIpc) is 2.95. The van der Waals surface area contributed by atoms with Crippen LogP contribution in [0.4, 0.5) is 10.2 Å². The van der Waals surface area contributed by atoms with E-state index in [4.69, 9.17) is 9.72 Å². The number of rotatable bonds is 9. The molecule has 1 aliphatic rings. The van der Waals surface area contributed by atoms with Gasteiger partial charge < -0.3 is 14.9 Å². The van der Waals surface area contributed by atoms with Gasteiger partial charge in [-0.15, -0.1) is 0 Å². The highest BCUT2D eigenvalue weighted by Gasteiger charge is 2.32. The van der Waals surface area contributed by atoms with Crippen LogP contribution in [0.25, 0.3) is 17.2 Å². The van der Waals surface area contributed by atoms with Crippen LogP contribution in [0.5, 0.6) is 0 Å². The third-order valence-corrected chi connectivity index (χ3v) is 7.24. The first kappa shape index (κ1) is 28.9. The van der Waals surface area contributed by atoms with Gasteiger partial charge in [0.1, 0.15) is 17.4 Å². The van der Waals surface area contributed by atoms with Crippen LogP contribution < -0.4 is 4.31 Å². The van der Waals surface area contributed by atoms with Crippen LogP contribution in [-0.2, 0) is 26.2 Å². The Kier molecular flexibility index (Phi) is 9.22. The van der Waals surface area contributed by atoms with E-state index in [0.717, 1.165) is 6.26 Å². The van der Waals surface area contributed by atoms with Gasteiger partial charge in [0.2, 0.25) is 10.0 Å². The number of carbonyl (C=O) groups is 1. The topological polar surface area (TPSA) is 117 Å². The van der Waals surface area contributed by atoms with Crippen molar-refractivity contribution in [3.63, 3.8) is 0 Å². The minimum Gasteiger partial charge on any atom is -0.393 e. The maximum Gasteiger partial charge on any atom is 0.233 e. The van der Waals surface area contributed by atoms with Gasteiger partial charge in [-0.25, -0.2) is 17.8 Å². The van der Waals surface area contributed by atoms with Crippen LogP contribution in [0.1, 0.15) is 63.3 Å². The van der Waals surface area contributed by atoms with E-state index in [1.54, 1.807) is 25.1 Å². The van der Waals surface area contributed by atoms with Gasteiger partial charge in [0, 0.05) is 24.0 Å². The molecule has 0 bridgehead atoms. The molecule has 0 fully saturated rings. The molecule has 8 nitrogen and oxygen atoms in total. The third kappa shape index (κ3) is 7.22. The number of hydrogen-bond donors (Lipinski definition) is 2. The lowest BCUT2D eigenvalue weighted by atomic mass is 9.90. The van der Waals surface area contributed by atoms with Crippen molar-refractivity contribution in [2.24, 2.45) is 0 Å². The van der Waals surface area contributed by atoms with Crippen molar-refractivity contribution < 1.29 is 32.6 Å². The molecule has 10 heteroatoms. The highest BCUT2D eigenvalue weighted by atomic mass is 32.2. The minimum absolute atomic E-state index is 0.0280. The van der Waals surface area contributed by atoms with Crippen molar-refractivity contribution in [2.45, 2.75) is 71.4 Å². The fourth-order valence-corrected chi connectivity index (χ4v) is 5.36. The van der Waals surface area contributed by atoms with Crippen molar-refractivity contribution in [1.82, 2.24) is 4.98 Å². The van der Waals surface area contributed by atoms with Crippen molar-refractivity contribution >= 4 is 27.7 Å². The molecule has 3 atom stereocenters. The summed E-state index contributed by atoms with van der Waals surface area (Å²) in [6.45, 7) is 7.19. The molecule has 0 aliphatic carbocycles. The average molecular weight is 535 g/mol. The highest BCUT2D eigenvalue weighted by molar-refractivity contribution is 7.92. The number of nitrogens with zero attached hydrogens (tertiary/aromatic N) is 2. The smallest absolute Gasteiger partial charge is 0.233 e. The van der Waals surface area contributed by atoms with Gasteiger partial charge in [0.05, 0.1) is 43.4 Å². The second-order valence-corrected chi connectivity index (χ2v) is 11.8. The maximum absolute atomic E-state index is 13.8. The number of carbonyl (C=O) groups excluding carboxylic acids is 1. The van der Waals surface area contributed by atoms with E-state index < -0.39 is 34.2 Å². The molecular weight excluding hydrogens is 499 g/mol. The molecule has 3 rings (SSSR count). The number of Topliss-reactive ketones (excluding diaryl/α,β-unsaturated/α-hetero) is 1. The molecule has 2 heterocycles. The second kappa shape index (κ2) is 11.8. The molecule has 1 aromatic carbocycles. The zero-order valence-electron chi connectivity index (χ0n) is 21.8. The molecule has 37 heavy (non-hydrogen) atoms. The van der Waals surface area contributed by atoms with Crippen LogP contribution in [-0.4, -0.2) is 60.5 Å². The summed E-state index contributed by atoms with van der Waals surface area (Å²) in [5.41, 5.74) is 3.03. The van der Waals surface area contributed by atoms with Crippen molar-refractivity contribution in [3.05, 3.63) is 53.0 Å². The zero-order valence-corrected chi connectivity index (χ0v) is 22.6. The number of hydrogen-bond acceptors (Lipinski definition) is 7. The SMILES string of the molecule is CC(=O)C[C@H](O)C[C@H](O)/C=C/c1c(C(C)C)nc2c(c1-c1ccc(F)cc1)CO[C@@H](C)CN2S(C)(=O)=O. The van der Waals surface area contributed by atoms with E-state index in [-0.39, 0.29) is 43.5 Å². The van der Waals surface area contributed by atoms with E-state index in [0.29, 0.717) is 27.9 Å². The van der Waals surface area contributed by atoms with Crippen molar-refractivity contribution in [3.8, 4) is 11.1 Å². The lowest BCUT2D eigenvalue weighted by Gasteiger charge is -2.26. The Morgan fingerprint density at radius 3 is 2.49 bits per heavy atom. The number of aliphatic hydroxyl groups is 2. The van der Waals surface area contributed by atoms with Crippen molar-refractivity contribution in [1.29, 1.82) is 0 Å². The maximum atomic E-state index is 13.8. The molecule has 0 spiro atoms. The summed E-state index contributed by atoms with van der Waals surface area (Å²) in [5.74, 6) is -0.455. The fraction of sp³-hybridized carbons (Fsp3) is 0.481. The Morgan fingerprint density at radius 2 is 1.92 bits per heavy atom. The number of anilines is 1. The Hall–Kier alpha value is -2.66. The first-order valence-corrected chi connectivity index (χ1v) is 14.1. The van der Waals surface area contributed by atoms with Gasteiger partial charge in [-0.3, -0.25) is 9.10 Å². The number of benzene rings is 1. The van der Waals surface area contributed by atoms with E-state index in [1.807, 2.05) is 13.8 Å². The Balaban J connectivity index is 2.26. The molecule has 202 valence electrons. The number of ether oxygens (including phenoxy) is 1. The van der Waals surface area contributed by atoms with E-state index in [2.05, 4.69) is 0 Å². The molecule has 0 saturated heterocycles. The summed E-state index contributed by atoms with van der Waals surface area (Å²) < 4.78 is 46.6. The molecule has 0 saturated carbocycles. The van der Waals surface area contributed by atoms with Gasteiger partial charge >= 0.3 is 0 Å². The fourth-order valence-electron chi connectivity index (χ4n) is 4.41. The van der Waals surface area contributed by atoms with Crippen LogP contribution in [0.15, 0.2) is 30.3 Å². The predicted octanol–water partition coefficient (Wildman–Crippen LogP) is 3.80. The Bertz CT molecular complexity index is 1260. The molecule has 0 unspecified atom stereocenters. The highest BCUT2D eigenvalue weighted by Crippen LogP contribution is 2.40. The summed E-state index contributed by atoms with van der Waals surface area (Å²) in [4.78, 5) is 16.1. The van der Waals surface area contributed by atoms with Crippen LogP contribution >= 0.6 is 0 Å². The number of ketones is 1. The predicted molar refractivity (Wildman–Crippen MR) is 141 cm³/mol. The standard InChI is InChI=1S/C27H35FN2O6S/c1-16(2)26-23(11-10-21(32)13-22(33)12-17(3)31)25(19-6-8-20(28)9-7-19)24-15-36-18(4)14-30(27(24)29-26)37(5,34)35/h6-11,16,18,21-22,32-33H,12-15H2,1-5H3/b11-10+/t18-,21+,22-/m0/s1. The molecule has 1 aliphatic heterocycles. The normalized spacial score (nSPS) is 18.1. The second-order valence-electron chi connectivity index (χ2n) is 9.89. The van der Waals surface area contributed by atoms with E-state index in [1.165, 1.54) is 29.4 Å². The van der Waals surface area contributed by atoms with Crippen LogP contribution in [0, 0.1) is 5.82 Å². The largest absolute Gasteiger partial charge is 0.393 e. The summed E-state index contributed by atoms with van der Waals surface area (Å²) in [7, 11) is -3.69. The summed E-state index contributed by atoms with van der Waals surface area (Å²) in [6.07, 6.45) is 1.82. The molecule has 2 N–H and O–H groups in total. The molecule has 2 aromatic rings. The molecular formula is C27H35FN2O6S. The summed E-state index contributed by atoms with van der Waals surface area (Å²) in [5, 5.41) is 20.6. The zero-order chi connectivity index (χ0) is 27.5. The Labute approximate surface area is 217 Å². The third-order valence-electron chi connectivity index (χ3n) is 6.12. The van der Waals surface area contributed by atoms with E-state index in [9.17, 15) is 27.8 Å². The summed E-state index contributed by atoms with van der Waals surface area (Å²) in [6, 6.07) is 5.87. The molecule has 0 amide bonds. The lowest BCUT2D eigenvalue weighted by molar-refractivity contribution is -0.119. The number of halogens is 1. The van der Waals surface area contributed by atoms with Gasteiger partial charge in [-0.1, -0.05) is 38.1 Å². The number of fused-ring (bicyclic) bond motifs is 1. The quantitative estimate of drug-likeness (QED) is 0.503. The minimum atomic E-state index is -3.69. The van der Waals surface area contributed by atoms with E-state index >= 15 is 0 Å². The van der Waals surface area contributed by atoms with Gasteiger partial charge in [-0.2, -0.15) is 0 Å². The Morgan fingerprint density at radius 1 is 1.27 bits per heavy atom. The van der Waals surface area contributed by atoms with Crippen LogP contribution in [0.3, 0.4) is 0 Å². The first-order valence-electron chi connectivity index (χ1n) is 12.2. The van der Waals surface area contributed by atoms with Crippen LogP contribution in [0.2, 0.25) is 0 Å². The number of aromatic nitrogens is 1. The van der Waals surface area contributed by atoms with Gasteiger partial charge in [0.25, 0.3) is 0 Å². The number of pyridine rings is 1. The first-order chi connectivity index (χ1) is 17.3. The van der Waals surface area contributed by atoms with Gasteiger partial charge in [0.15, 0.2) is 0 Å². The van der Waals surface area contributed by atoms with Crippen molar-refractivity contribution in [2.75, 3.05) is 17.1 Å². The summed E-state index contributed by atoms with van der Waals surface area (Å²) >= 11 is 0. The lowest BCUT2D eigenvalue weighted by Crippen LogP contribution is -2.36. The molecule has 0 radical (unpaired) electrons. The number of aliphatic hydroxyl groups excluding tert-OH is 2.